The molecule has 0 aliphatic carbocycles. The molecule has 2 aromatic rings. The Morgan fingerprint density at radius 1 is 0.967 bits per heavy atom. The number of nitrogens with zero attached hydrogens (tertiary/aromatic N) is 3. The number of benzene rings is 2. The van der Waals surface area contributed by atoms with Crippen LogP contribution in [0.25, 0.3) is 0 Å². The summed E-state index contributed by atoms with van der Waals surface area (Å²) in [7, 11) is 0. The van der Waals surface area contributed by atoms with Crippen molar-refractivity contribution in [1.29, 1.82) is 0 Å². The highest BCUT2D eigenvalue weighted by molar-refractivity contribution is 5.84. The van der Waals surface area contributed by atoms with Gasteiger partial charge in [0.2, 0.25) is 11.8 Å². The molecule has 0 aromatic heterocycles. The van der Waals surface area contributed by atoms with Gasteiger partial charge >= 0.3 is 0 Å². The topological polar surface area (TPSA) is 43.9 Å². The lowest BCUT2D eigenvalue weighted by molar-refractivity contribution is -0.143. The third-order valence-corrected chi connectivity index (χ3v) is 6.41. The maximum atomic E-state index is 13.2. The van der Waals surface area contributed by atoms with E-state index in [1.807, 2.05) is 28.0 Å². The van der Waals surface area contributed by atoms with Gasteiger partial charge in [-0.3, -0.25) is 9.59 Å². The fraction of sp³-hybridized carbons (Fsp3) is 0.440. The Morgan fingerprint density at radius 2 is 1.67 bits per heavy atom. The molecular formula is C25H31N3O2. The number of anilines is 1. The summed E-state index contributed by atoms with van der Waals surface area (Å²) >= 11 is 0. The first-order valence-electron chi connectivity index (χ1n) is 11.0. The predicted molar refractivity (Wildman–Crippen MR) is 119 cm³/mol. The van der Waals surface area contributed by atoms with E-state index in [-0.39, 0.29) is 17.7 Å². The summed E-state index contributed by atoms with van der Waals surface area (Å²) in [6, 6.07) is 18.7. The number of aryl methyl sites for hydroxylation is 1. The number of hydrogen-bond acceptors (Lipinski definition) is 3. The second kappa shape index (κ2) is 9.33. The molecule has 2 aromatic carbocycles. The number of carbonyl (C=O) groups excluding carboxylic acids is 2. The smallest absolute Gasteiger partial charge is 0.227 e. The Kier molecular flexibility index (Phi) is 6.36. The molecule has 1 atom stereocenters. The SMILES string of the molecule is Cc1ccccc1N1CCN(C(=O)[C@H]2CCC(=O)N(CCc3ccccc3)C2)CC1. The quantitative estimate of drug-likeness (QED) is 0.768. The van der Waals surface area contributed by atoms with Crippen LogP contribution in [0.4, 0.5) is 5.69 Å². The number of piperidine rings is 1. The fourth-order valence-electron chi connectivity index (χ4n) is 4.59. The number of piperazine rings is 1. The highest BCUT2D eigenvalue weighted by Gasteiger charge is 2.33. The fourth-order valence-corrected chi connectivity index (χ4v) is 4.59. The van der Waals surface area contributed by atoms with Crippen molar-refractivity contribution in [2.45, 2.75) is 26.2 Å². The molecule has 0 bridgehead atoms. The number of rotatable bonds is 5. The molecular weight excluding hydrogens is 374 g/mol. The van der Waals surface area contributed by atoms with Gasteiger partial charge in [-0.15, -0.1) is 0 Å². The van der Waals surface area contributed by atoms with Crippen LogP contribution in [0.2, 0.25) is 0 Å². The average molecular weight is 406 g/mol. The summed E-state index contributed by atoms with van der Waals surface area (Å²) in [6.07, 6.45) is 1.99. The Labute approximate surface area is 179 Å². The summed E-state index contributed by atoms with van der Waals surface area (Å²) in [4.78, 5) is 31.8. The molecule has 2 aliphatic rings. The van der Waals surface area contributed by atoms with Crippen molar-refractivity contribution in [1.82, 2.24) is 9.80 Å². The number of hydrogen-bond donors (Lipinski definition) is 0. The van der Waals surface area contributed by atoms with E-state index in [0.717, 1.165) is 32.6 Å². The lowest BCUT2D eigenvalue weighted by Crippen LogP contribution is -2.53. The third-order valence-electron chi connectivity index (χ3n) is 6.41. The van der Waals surface area contributed by atoms with Gasteiger partial charge in [0.1, 0.15) is 0 Å². The van der Waals surface area contributed by atoms with Crippen LogP contribution in [0.3, 0.4) is 0 Å². The van der Waals surface area contributed by atoms with Gasteiger partial charge in [0, 0.05) is 51.4 Å². The minimum atomic E-state index is -0.0662. The first-order valence-corrected chi connectivity index (χ1v) is 11.0. The van der Waals surface area contributed by atoms with E-state index in [9.17, 15) is 9.59 Å². The Bertz CT molecular complexity index is 875. The zero-order chi connectivity index (χ0) is 20.9. The van der Waals surface area contributed by atoms with Crippen LogP contribution in [0.15, 0.2) is 54.6 Å². The molecule has 0 radical (unpaired) electrons. The minimum absolute atomic E-state index is 0.0662. The summed E-state index contributed by atoms with van der Waals surface area (Å²) in [5.41, 5.74) is 3.77. The molecule has 2 fully saturated rings. The lowest BCUT2D eigenvalue weighted by Gasteiger charge is -2.40. The van der Waals surface area contributed by atoms with Crippen LogP contribution in [-0.4, -0.2) is 60.9 Å². The van der Waals surface area contributed by atoms with Gasteiger partial charge in [0.25, 0.3) is 0 Å². The normalized spacial score (nSPS) is 19.8. The number of amides is 2. The van der Waals surface area contributed by atoms with E-state index in [4.69, 9.17) is 0 Å². The molecule has 5 nitrogen and oxygen atoms in total. The van der Waals surface area contributed by atoms with Gasteiger partial charge in [0.05, 0.1) is 5.92 Å². The summed E-state index contributed by atoms with van der Waals surface area (Å²) in [6.45, 7) is 6.61. The first kappa shape index (κ1) is 20.5. The molecule has 0 spiro atoms. The second-order valence-electron chi connectivity index (χ2n) is 8.41. The molecule has 2 heterocycles. The number of para-hydroxylation sites is 1. The molecule has 0 N–H and O–H groups in total. The van der Waals surface area contributed by atoms with Crippen molar-refractivity contribution in [3.05, 3.63) is 65.7 Å². The maximum Gasteiger partial charge on any atom is 0.227 e. The zero-order valence-corrected chi connectivity index (χ0v) is 17.8. The van der Waals surface area contributed by atoms with Gasteiger partial charge in [-0.25, -0.2) is 0 Å². The maximum absolute atomic E-state index is 13.2. The van der Waals surface area contributed by atoms with Crippen LogP contribution in [0.1, 0.15) is 24.0 Å². The monoisotopic (exact) mass is 405 g/mol. The van der Waals surface area contributed by atoms with Crippen molar-refractivity contribution in [2.24, 2.45) is 5.92 Å². The van der Waals surface area contributed by atoms with Crippen LogP contribution in [-0.2, 0) is 16.0 Å². The molecule has 4 rings (SSSR count). The Morgan fingerprint density at radius 3 is 2.40 bits per heavy atom. The van der Waals surface area contributed by atoms with Crippen LogP contribution < -0.4 is 4.90 Å². The number of likely N-dealkylation sites (tertiary alicyclic amines) is 1. The summed E-state index contributed by atoms with van der Waals surface area (Å²) in [5.74, 6) is 0.333. The first-order chi connectivity index (χ1) is 14.6. The van der Waals surface area contributed by atoms with Gasteiger partial charge in [0.15, 0.2) is 0 Å². The van der Waals surface area contributed by atoms with E-state index in [1.165, 1.54) is 16.8 Å². The van der Waals surface area contributed by atoms with Crippen molar-refractivity contribution >= 4 is 17.5 Å². The lowest BCUT2D eigenvalue weighted by atomic mass is 9.95. The summed E-state index contributed by atoms with van der Waals surface area (Å²) in [5, 5.41) is 0. The highest BCUT2D eigenvalue weighted by Crippen LogP contribution is 2.24. The summed E-state index contributed by atoms with van der Waals surface area (Å²) < 4.78 is 0. The molecule has 5 heteroatoms. The van der Waals surface area contributed by atoms with Crippen molar-refractivity contribution < 1.29 is 9.59 Å². The minimum Gasteiger partial charge on any atom is -0.368 e. The van der Waals surface area contributed by atoms with Crippen LogP contribution in [0, 0.1) is 12.8 Å². The molecule has 2 amide bonds. The van der Waals surface area contributed by atoms with Gasteiger partial charge in [-0.05, 0) is 37.0 Å². The molecule has 0 unspecified atom stereocenters. The molecule has 158 valence electrons. The average Bonchev–Trinajstić information content (AvgIpc) is 2.79. The Balaban J connectivity index is 1.31. The standard InChI is InChI=1S/C25H31N3O2/c1-20-7-5-6-10-23(20)26-15-17-27(18-16-26)25(30)22-11-12-24(29)28(19-22)14-13-21-8-3-2-4-9-21/h2-10,22H,11-19H2,1H3/t22-/m0/s1. The van der Waals surface area contributed by atoms with Crippen LogP contribution >= 0.6 is 0 Å². The third kappa shape index (κ3) is 4.66. The molecule has 2 saturated heterocycles. The van der Waals surface area contributed by atoms with Gasteiger partial charge in [-0.2, -0.15) is 0 Å². The molecule has 2 aliphatic heterocycles. The van der Waals surface area contributed by atoms with E-state index < -0.39 is 0 Å². The van der Waals surface area contributed by atoms with Crippen molar-refractivity contribution in [2.75, 3.05) is 44.2 Å². The predicted octanol–water partition coefficient (Wildman–Crippen LogP) is 3.12. The van der Waals surface area contributed by atoms with Crippen molar-refractivity contribution in [3.63, 3.8) is 0 Å². The highest BCUT2D eigenvalue weighted by atomic mass is 16.2. The second-order valence-corrected chi connectivity index (χ2v) is 8.41. The van der Waals surface area contributed by atoms with E-state index in [0.29, 0.717) is 25.9 Å². The van der Waals surface area contributed by atoms with Gasteiger partial charge < -0.3 is 14.7 Å². The van der Waals surface area contributed by atoms with Crippen molar-refractivity contribution in [3.8, 4) is 0 Å². The van der Waals surface area contributed by atoms with Gasteiger partial charge in [-0.1, -0.05) is 48.5 Å². The van der Waals surface area contributed by atoms with E-state index in [2.05, 4.69) is 48.2 Å². The number of carbonyl (C=O) groups is 2. The van der Waals surface area contributed by atoms with E-state index >= 15 is 0 Å². The van der Waals surface area contributed by atoms with Crippen LogP contribution in [0.5, 0.6) is 0 Å². The molecule has 30 heavy (non-hydrogen) atoms. The molecule has 0 saturated carbocycles. The zero-order valence-electron chi connectivity index (χ0n) is 17.8. The largest absolute Gasteiger partial charge is 0.368 e. The Hall–Kier alpha value is -2.82. The van der Waals surface area contributed by atoms with E-state index in [1.54, 1.807) is 0 Å².